The molecule has 0 saturated carbocycles. The van der Waals surface area contributed by atoms with E-state index in [0.717, 1.165) is 51.0 Å². The number of likely N-dealkylation sites (tertiary alicyclic amines) is 1. The van der Waals surface area contributed by atoms with Gasteiger partial charge in [-0.25, -0.2) is 0 Å². The Hall–Kier alpha value is -4.36. The molecule has 2 aliphatic heterocycles. The van der Waals surface area contributed by atoms with E-state index in [9.17, 15) is 19.7 Å². The van der Waals surface area contributed by atoms with Crippen LogP contribution in [0, 0.1) is 10.1 Å². The summed E-state index contributed by atoms with van der Waals surface area (Å²) in [6.45, 7) is 8.65. The van der Waals surface area contributed by atoms with Crippen LogP contribution in [-0.2, 0) is 15.0 Å². The third kappa shape index (κ3) is 6.43. The average molecular weight is 592 g/mol. The zero-order chi connectivity index (χ0) is 31.3. The van der Waals surface area contributed by atoms with Gasteiger partial charge in [-0.05, 0) is 82.8 Å². The molecule has 2 heterocycles. The summed E-state index contributed by atoms with van der Waals surface area (Å²) in [5.41, 5.74) is 5.12. The van der Waals surface area contributed by atoms with Crippen molar-refractivity contribution in [3.05, 3.63) is 135 Å². The molecule has 0 aromatic heterocycles. The van der Waals surface area contributed by atoms with Gasteiger partial charge in [0.05, 0.1) is 4.92 Å². The van der Waals surface area contributed by atoms with Crippen LogP contribution >= 0.6 is 0 Å². The molecule has 5 rings (SSSR count). The summed E-state index contributed by atoms with van der Waals surface area (Å²) in [5.74, 6) is -0.903. The Morgan fingerprint density at radius 3 is 1.98 bits per heavy atom. The fraction of sp³-hybridized carbons (Fsp3) is 0.351. The largest absolute Gasteiger partial charge is 0.351 e. The molecule has 1 atom stereocenters. The van der Waals surface area contributed by atoms with Crippen LogP contribution in [0.5, 0.6) is 0 Å². The first kappa shape index (κ1) is 31.1. The molecule has 2 aliphatic rings. The van der Waals surface area contributed by atoms with E-state index in [0.29, 0.717) is 23.3 Å². The van der Waals surface area contributed by atoms with Crippen LogP contribution in [0.15, 0.2) is 108 Å². The molecule has 0 amide bonds. The molecular weight excluding hydrogens is 550 g/mol. The summed E-state index contributed by atoms with van der Waals surface area (Å²) in [4.78, 5) is 41.4. The van der Waals surface area contributed by atoms with Crippen LogP contribution in [0.3, 0.4) is 0 Å². The Kier molecular flexibility index (Phi) is 9.55. The van der Waals surface area contributed by atoms with Crippen molar-refractivity contribution < 1.29 is 14.5 Å². The van der Waals surface area contributed by atoms with Crippen molar-refractivity contribution in [1.82, 2.24) is 9.80 Å². The van der Waals surface area contributed by atoms with Crippen LogP contribution in [0.1, 0.15) is 69.1 Å². The number of non-ortho nitro benzene ring substituents is 1. The Labute approximate surface area is 260 Å². The molecule has 44 heavy (non-hydrogen) atoms. The quantitative estimate of drug-likeness (QED) is 0.133. The number of hydrogen-bond acceptors (Lipinski definition) is 6. The number of rotatable bonds is 11. The SMILES string of the molecule is CC(=O)C1=CN(CCCCN2CCC(c3ccccc3)(c3ccccc3)CC2)C(C)=C(C(C)=O)C1c1cccc([N+](=O)[O-])c1. The van der Waals surface area contributed by atoms with Gasteiger partial charge in [0.2, 0.25) is 0 Å². The summed E-state index contributed by atoms with van der Waals surface area (Å²) in [6, 6.07) is 28.0. The smallest absolute Gasteiger partial charge is 0.269 e. The molecule has 0 spiro atoms. The molecule has 0 aliphatic carbocycles. The first-order valence-corrected chi connectivity index (χ1v) is 15.5. The molecule has 1 fully saturated rings. The van der Waals surface area contributed by atoms with Gasteiger partial charge in [0, 0.05) is 53.1 Å². The predicted octanol–water partition coefficient (Wildman–Crippen LogP) is 7.19. The van der Waals surface area contributed by atoms with Gasteiger partial charge in [-0.2, -0.15) is 0 Å². The summed E-state index contributed by atoms with van der Waals surface area (Å²) < 4.78 is 0. The first-order chi connectivity index (χ1) is 21.2. The van der Waals surface area contributed by atoms with E-state index < -0.39 is 10.8 Å². The minimum Gasteiger partial charge on any atom is -0.351 e. The second-order valence-electron chi connectivity index (χ2n) is 12.0. The minimum atomic E-state index is -0.621. The number of piperidine rings is 1. The topological polar surface area (TPSA) is 83.8 Å². The lowest BCUT2D eigenvalue weighted by Crippen LogP contribution is -2.43. The molecule has 3 aromatic rings. The standard InChI is InChI=1S/C37H41N3O4/c1-27-35(29(3)42)36(30-13-12-18-33(25-30)40(43)44)34(28(2)41)26-39(27)22-11-10-21-38-23-19-37(20-24-38,31-14-6-4-7-15-31)32-16-8-5-9-17-32/h4-9,12-18,25-26,36H,10-11,19-24H2,1-3H3. The number of carbonyl (C=O) groups is 2. The Morgan fingerprint density at radius 2 is 1.43 bits per heavy atom. The maximum absolute atomic E-state index is 13.0. The van der Waals surface area contributed by atoms with Crippen molar-refractivity contribution >= 4 is 17.3 Å². The molecule has 3 aromatic carbocycles. The van der Waals surface area contributed by atoms with Crippen molar-refractivity contribution in [1.29, 1.82) is 0 Å². The van der Waals surface area contributed by atoms with Crippen LogP contribution in [-0.4, -0.2) is 52.5 Å². The summed E-state index contributed by atoms with van der Waals surface area (Å²) in [6.07, 6.45) is 5.90. The average Bonchev–Trinajstić information content (AvgIpc) is 3.04. The number of carbonyl (C=O) groups excluding carboxylic acids is 2. The lowest BCUT2D eigenvalue weighted by Gasteiger charge is -2.43. The lowest BCUT2D eigenvalue weighted by molar-refractivity contribution is -0.384. The van der Waals surface area contributed by atoms with Gasteiger partial charge in [0.1, 0.15) is 0 Å². The van der Waals surface area contributed by atoms with Gasteiger partial charge in [-0.15, -0.1) is 0 Å². The van der Waals surface area contributed by atoms with Crippen molar-refractivity contribution in [2.24, 2.45) is 0 Å². The number of nitrogens with zero attached hydrogens (tertiary/aromatic N) is 3. The molecule has 0 radical (unpaired) electrons. The zero-order valence-corrected chi connectivity index (χ0v) is 25.9. The number of unbranched alkanes of at least 4 members (excludes halogenated alkanes) is 1. The molecule has 7 nitrogen and oxygen atoms in total. The fourth-order valence-corrected chi connectivity index (χ4v) is 7.04. The zero-order valence-electron chi connectivity index (χ0n) is 25.9. The number of Topliss-reactive ketones (excluding diaryl/α,β-unsaturated/α-hetero) is 2. The molecule has 7 heteroatoms. The van der Waals surface area contributed by atoms with Crippen molar-refractivity contribution in [3.63, 3.8) is 0 Å². The van der Waals surface area contributed by atoms with E-state index in [2.05, 4.69) is 65.6 Å². The van der Waals surface area contributed by atoms with E-state index >= 15 is 0 Å². The highest BCUT2D eigenvalue weighted by molar-refractivity contribution is 6.03. The summed E-state index contributed by atoms with van der Waals surface area (Å²) >= 11 is 0. The van der Waals surface area contributed by atoms with E-state index in [1.54, 1.807) is 12.1 Å². The summed E-state index contributed by atoms with van der Waals surface area (Å²) in [7, 11) is 0. The van der Waals surface area contributed by atoms with E-state index in [-0.39, 0.29) is 22.7 Å². The summed E-state index contributed by atoms with van der Waals surface area (Å²) in [5, 5.41) is 11.4. The Balaban J connectivity index is 1.25. The third-order valence-corrected chi connectivity index (χ3v) is 9.40. The van der Waals surface area contributed by atoms with Gasteiger partial charge < -0.3 is 9.80 Å². The van der Waals surface area contributed by atoms with E-state index in [1.165, 1.54) is 37.1 Å². The Bertz CT molecular complexity index is 1530. The number of ketones is 2. The fourth-order valence-electron chi connectivity index (χ4n) is 7.04. The third-order valence-electron chi connectivity index (χ3n) is 9.40. The minimum absolute atomic E-state index is 0.0292. The van der Waals surface area contributed by atoms with Gasteiger partial charge >= 0.3 is 0 Å². The van der Waals surface area contributed by atoms with Gasteiger partial charge in [0.25, 0.3) is 5.69 Å². The van der Waals surface area contributed by atoms with Crippen molar-refractivity contribution in [2.45, 2.75) is 57.8 Å². The number of benzene rings is 3. The van der Waals surface area contributed by atoms with Gasteiger partial charge in [0.15, 0.2) is 11.6 Å². The second kappa shape index (κ2) is 13.5. The van der Waals surface area contributed by atoms with Gasteiger partial charge in [-0.3, -0.25) is 19.7 Å². The maximum atomic E-state index is 13.0. The highest BCUT2D eigenvalue weighted by Gasteiger charge is 2.38. The first-order valence-electron chi connectivity index (χ1n) is 15.5. The normalized spacial score (nSPS) is 18.6. The van der Waals surface area contributed by atoms with Crippen LogP contribution in [0.25, 0.3) is 0 Å². The van der Waals surface area contributed by atoms with E-state index in [1.807, 2.05) is 18.0 Å². The van der Waals surface area contributed by atoms with Crippen molar-refractivity contribution in [2.75, 3.05) is 26.2 Å². The van der Waals surface area contributed by atoms with Crippen molar-refractivity contribution in [3.8, 4) is 0 Å². The maximum Gasteiger partial charge on any atom is 0.269 e. The number of nitro benzene ring substituents is 1. The second-order valence-corrected chi connectivity index (χ2v) is 12.0. The number of hydrogen-bond donors (Lipinski definition) is 0. The predicted molar refractivity (Wildman–Crippen MR) is 173 cm³/mol. The number of allylic oxidation sites excluding steroid dienone is 3. The highest BCUT2D eigenvalue weighted by Crippen LogP contribution is 2.42. The molecule has 1 saturated heterocycles. The monoisotopic (exact) mass is 591 g/mol. The van der Waals surface area contributed by atoms with Crippen LogP contribution < -0.4 is 0 Å². The van der Waals surface area contributed by atoms with Gasteiger partial charge in [-0.1, -0.05) is 72.8 Å². The molecule has 0 bridgehead atoms. The lowest BCUT2D eigenvalue weighted by atomic mass is 9.68. The number of nitro groups is 1. The van der Waals surface area contributed by atoms with E-state index in [4.69, 9.17) is 0 Å². The molecular formula is C37H41N3O4. The molecule has 0 N–H and O–H groups in total. The van der Waals surface area contributed by atoms with Crippen LogP contribution in [0.4, 0.5) is 5.69 Å². The molecule has 228 valence electrons. The Morgan fingerprint density at radius 1 is 0.841 bits per heavy atom. The molecule has 1 unspecified atom stereocenters. The van der Waals surface area contributed by atoms with Crippen LogP contribution in [0.2, 0.25) is 0 Å². The highest BCUT2D eigenvalue weighted by atomic mass is 16.6.